The number of fused-ring (bicyclic) bond motifs is 1. The summed E-state index contributed by atoms with van der Waals surface area (Å²) < 4.78 is 7.40. The summed E-state index contributed by atoms with van der Waals surface area (Å²) in [5, 5.41) is 5.09. The Kier molecular flexibility index (Phi) is 5.86. The number of ether oxygens (including phenoxy) is 1. The Morgan fingerprint density at radius 3 is 2.92 bits per heavy atom. The first-order valence-corrected chi connectivity index (χ1v) is 9.49. The molecule has 1 aliphatic rings. The number of thiazole rings is 1. The first kappa shape index (κ1) is 17.4. The van der Waals surface area contributed by atoms with Gasteiger partial charge in [-0.2, -0.15) is 0 Å². The number of nitrogens with zero attached hydrogens (tertiary/aromatic N) is 3. The van der Waals surface area contributed by atoms with E-state index in [4.69, 9.17) is 4.74 Å². The van der Waals surface area contributed by atoms with Crippen molar-refractivity contribution in [3.63, 3.8) is 0 Å². The van der Waals surface area contributed by atoms with Crippen molar-refractivity contribution in [3.8, 4) is 0 Å². The van der Waals surface area contributed by atoms with Crippen LogP contribution in [-0.4, -0.2) is 59.1 Å². The number of hydrogen-bond acceptors (Lipinski definition) is 5. The summed E-state index contributed by atoms with van der Waals surface area (Å²) in [6.45, 7) is 8.62. The number of hydrogen-bond donors (Lipinski definition) is 1. The maximum atomic E-state index is 12.3. The maximum Gasteiger partial charge on any atom is 0.226 e. The van der Waals surface area contributed by atoms with E-state index in [0.717, 1.165) is 43.4 Å². The van der Waals surface area contributed by atoms with Crippen LogP contribution >= 0.6 is 11.3 Å². The van der Waals surface area contributed by atoms with Gasteiger partial charge in [-0.15, -0.1) is 11.3 Å². The molecular weight excluding hydrogens is 324 g/mol. The molecule has 1 aliphatic heterocycles. The lowest BCUT2D eigenvalue weighted by atomic mass is 10.0. The van der Waals surface area contributed by atoms with Gasteiger partial charge < -0.3 is 10.1 Å². The molecule has 0 radical (unpaired) electrons. The number of carbonyl (C=O) groups is 1. The molecule has 2 aromatic heterocycles. The van der Waals surface area contributed by atoms with Crippen molar-refractivity contribution in [1.82, 2.24) is 19.6 Å². The Morgan fingerprint density at radius 2 is 2.21 bits per heavy atom. The number of aromatic nitrogens is 2. The average Bonchev–Trinajstić information content (AvgIpc) is 3.13. The second-order valence-corrected chi connectivity index (χ2v) is 7.61. The summed E-state index contributed by atoms with van der Waals surface area (Å²) in [6, 6.07) is 0.378. The molecule has 0 spiro atoms. The Bertz CT molecular complexity index is 632. The largest absolute Gasteiger partial charge is 0.379 e. The predicted molar refractivity (Wildman–Crippen MR) is 95.4 cm³/mol. The van der Waals surface area contributed by atoms with Crippen LogP contribution < -0.4 is 5.32 Å². The zero-order chi connectivity index (χ0) is 16.9. The molecule has 6 nitrogen and oxygen atoms in total. The number of rotatable bonds is 7. The van der Waals surface area contributed by atoms with Crippen LogP contribution in [0.1, 0.15) is 26.0 Å². The van der Waals surface area contributed by atoms with Crippen LogP contribution in [0.5, 0.6) is 0 Å². The van der Waals surface area contributed by atoms with Crippen LogP contribution in [0, 0.1) is 5.92 Å². The Morgan fingerprint density at radius 1 is 1.42 bits per heavy atom. The van der Waals surface area contributed by atoms with E-state index in [1.807, 2.05) is 22.2 Å². The van der Waals surface area contributed by atoms with Gasteiger partial charge in [0, 0.05) is 43.4 Å². The molecule has 0 bridgehead atoms. The number of imidazole rings is 1. The van der Waals surface area contributed by atoms with Gasteiger partial charge in [-0.3, -0.25) is 14.1 Å². The van der Waals surface area contributed by atoms with Crippen molar-refractivity contribution >= 4 is 22.2 Å². The molecule has 0 aromatic carbocycles. The van der Waals surface area contributed by atoms with Gasteiger partial charge in [-0.05, 0) is 12.3 Å². The quantitative estimate of drug-likeness (QED) is 0.827. The molecule has 1 saturated heterocycles. The summed E-state index contributed by atoms with van der Waals surface area (Å²) in [5.41, 5.74) is 0.825. The Labute approximate surface area is 146 Å². The standard InChI is InChI=1S/C17H26N4O2S/c1-13(2)9-15(20-3-6-23-7-4-20)11-18-16(22)10-14-12-21-5-8-24-17(21)19-14/h5,8,12-13,15H,3-4,6-7,9-11H2,1-2H3,(H,18,22). The molecule has 1 amide bonds. The molecule has 3 heterocycles. The molecule has 1 fully saturated rings. The zero-order valence-corrected chi connectivity index (χ0v) is 15.2. The van der Waals surface area contributed by atoms with Crippen molar-refractivity contribution in [2.75, 3.05) is 32.8 Å². The fourth-order valence-electron chi connectivity index (χ4n) is 3.17. The van der Waals surface area contributed by atoms with Gasteiger partial charge >= 0.3 is 0 Å². The molecule has 1 atom stereocenters. The van der Waals surface area contributed by atoms with Crippen LogP contribution in [0.3, 0.4) is 0 Å². The van der Waals surface area contributed by atoms with Crippen LogP contribution in [0.4, 0.5) is 0 Å². The van der Waals surface area contributed by atoms with E-state index in [1.165, 1.54) is 0 Å². The topological polar surface area (TPSA) is 58.9 Å². The van der Waals surface area contributed by atoms with Gasteiger partial charge in [0.15, 0.2) is 4.96 Å². The molecule has 2 aromatic rings. The highest BCUT2D eigenvalue weighted by Gasteiger charge is 2.22. The second-order valence-electron chi connectivity index (χ2n) is 6.74. The number of nitrogens with one attached hydrogen (secondary N) is 1. The van der Waals surface area contributed by atoms with Crippen LogP contribution in [0.2, 0.25) is 0 Å². The first-order valence-electron chi connectivity index (χ1n) is 8.61. The van der Waals surface area contributed by atoms with E-state index in [0.29, 0.717) is 24.9 Å². The summed E-state index contributed by atoms with van der Waals surface area (Å²) >= 11 is 1.58. The summed E-state index contributed by atoms with van der Waals surface area (Å²) in [4.78, 5) is 20.1. The van der Waals surface area contributed by atoms with Gasteiger partial charge in [0.2, 0.25) is 5.91 Å². The van der Waals surface area contributed by atoms with Gasteiger partial charge in [0.05, 0.1) is 25.3 Å². The minimum Gasteiger partial charge on any atom is -0.379 e. The lowest BCUT2D eigenvalue weighted by Gasteiger charge is -2.35. The normalized spacial score (nSPS) is 17.5. The highest BCUT2D eigenvalue weighted by atomic mass is 32.1. The van der Waals surface area contributed by atoms with Crippen molar-refractivity contribution in [1.29, 1.82) is 0 Å². The van der Waals surface area contributed by atoms with Gasteiger partial charge in [-0.1, -0.05) is 13.8 Å². The molecular formula is C17H26N4O2S. The average molecular weight is 350 g/mol. The number of amides is 1. The van der Waals surface area contributed by atoms with Crippen molar-refractivity contribution < 1.29 is 9.53 Å². The molecule has 0 aliphatic carbocycles. The molecule has 1 N–H and O–H groups in total. The van der Waals surface area contributed by atoms with E-state index < -0.39 is 0 Å². The SMILES string of the molecule is CC(C)CC(CNC(=O)Cc1cn2ccsc2n1)N1CCOCC1. The van der Waals surface area contributed by atoms with Crippen LogP contribution in [0.15, 0.2) is 17.8 Å². The summed E-state index contributed by atoms with van der Waals surface area (Å²) in [6.07, 6.45) is 5.32. The van der Waals surface area contributed by atoms with E-state index in [9.17, 15) is 4.79 Å². The maximum absolute atomic E-state index is 12.3. The zero-order valence-electron chi connectivity index (χ0n) is 14.4. The molecule has 1 unspecified atom stereocenters. The van der Waals surface area contributed by atoms with E-state index in [-0.39, 0.29) is 5.91 Å². The predicted octanol–water partition coefficient (Wildman–Crippen LogP) is 1.80. The highest BCUT2D eigenvalue weighted by molar-refractivity contribution is 7.15. The van der Waals surface area contributed by atoms with Gasteiger partial charge in [0.25, 0.3) is 0 Å². The smallest absolute Gasteiger partial charge is 0.226 e. The van der Waals surface area contributed by atoms with Crippen LogP contribution in [-0.2, 0) is 16.0 Å². The summed E-state index contributed by atoms with van der Waals surface area (Å²) in [7, 11) is 0. The Hall–Kier alpha value is -1.44. The molecule has 132 valence electrons. The monoisotopic (exact) mass is 350 g/mol. The van der Waals surface area contributed by atoms with Gasteiger partial charge in [0.1, 0.15) is 0 Å². The molecule has 7 heteroatoms. The fraction of sp³-hybridized carbons (Fsp3) is 0.647. The van der Waals surface area contributed by atoms with E-state index in [1.54, 1.807) is 11.3 Å². The lowest BCUT2D eigenvalue weighted by molar-refractivity contribution is -0.120. The number of morpholine rings is 1. The van der Waals surface area contributed by atoms with Crippen LogP contribution in [0.25, 0.3) is 4.96 Å². The minimum absolute atomic E-state index is 0.0442. The minimum atomic E-state index is 0.0442. The molecule has 3 rings (SSSR count). The fourth-order valence-corrected chi connectivity index (χ4v) is 3.89. The van der Waals surface area contributed by atoms with Crippen molar-refractivity contribution in [2.24, 2.45) is 5.92 Å². The summed E-state index contributed by atoms with van der Waals surface area (Å²) in [5.74, 6) is 0.650. The van der Waals surface area contributed by atoms with E-state index in [2.05, 4.69) is 29.0 Å². The third kappa shape index (κ3) is 4.55. The second kappa shape index (κ2) is 8.09. The van der Waals surface area contributed by atoms with E-state index >= 15 is 0 Å². The highest BCUT2D eigenvalue weighted by Crippen LogP contribution is 2.14. The van der Waals surface area contributed by atoms with Crippen molar-refractivity contribution in [3.05, 3.63) is 23.5 Å². The van der Waals surface area contributed by atoms with Crippen molar-refractivity contribution in [2.45, 2.75) is 32.7 Å². The third-order valence-corrected chi connectivity index (χ3v) is 5.10. The Balaban J connectivity index is 1.52. The number of carbonyl (C=O) groups excluding carboxylic acids is 1. The lowest BCUT2D eigenvalue weighted by Crippen LogP contribution is -2.49. The first-order chi connectivity index (χ1) is 11.6. The van der Waals surface area contributed by atoms with Gasteiger partial charge in [-0.25, -0.2) is 4.98 Å². The molecule has 0 saturated carbocycles. The molecule has 24 heavy (non-hydrogen) atoms. The third-order valence-electron chi connectivity index (χ3n) is 4.33.